The van der Waals surface area contributed by atoms with Crippen LogP contribution in [-0.4, -0.2) is 26.3 Å². The predicted octanol–water partition coefficient (Wildman–Crippen LogP) is 4.22. The molecule has 1 atom stereocenters. The van der Waals surface area contributed by atoms with Crippen LogP contribution >= 0.6 is 0 Å². The zero-order chi connectivity index (χ0) is 20.3. The summed E-state index contributed by atoms with van der Waals surface area (Å²) in [5, 5.41) is 0. The first-order valence-corrected chi connectivity index (χ1v) is 10.3. The van der Waals surface area contributed by atoms with Crippen LogP contribution in [0.15, 0.2) is 76.2 Å². The summed E-state index contributed by atoms with van der Waals surface area (Å²) in [5.41, 5.74) is 1.70. The van der Waals surface area contributed by atoms with Gasteiger partial charge in [-0.3, -0.25) is 9.52 Å². The second-order valence-electron chi connectivity index (χ2n) is 6.61. The lowest BCUT2D eigenvalue weighted by Crippen LogP contribution is -2.29. The van der Waals surface area contributed by atoms with Crippen molar-refractivity contribution in [2.24, 2.45) is 0 Å². The summed E-state index contributed by atoms with van der Waals surface area (Å²) in [6.07, 6.45) is 1.55. The number of rotatable bonds is 6. The lowest BCUT2D eigenvalue weighted by molar-refractivity contribution is 0.0726. The molecule has 0 saturated heterocycles. The maximum absolute atomic E-state index is 12.8. The summed E-state index contributed by atoms with van der Waals surface area (Å²) in [6.45, 7) is 3.73. The second kappa shape index (κ2) is 7.90. The van der Waals surface area contributed by atoms with Gasteiger partial charge in [0.15, 0.2) is 0 Å². The molecule has 28 heavy (non-hydrogen) atoms. The van der Waals surface area contributed by atoms with E-state index in [0.717, 1.165) is 5.56 Å². The van der Waals surface area contributed by atoms with Crippen molar-refractivity contribution in [2.45, 2.75) is 24.8 Å². The monoisotopic (exact) mass is 398 g/mol. The molecule has 0 aliphatic carbocycles. The number of nitrogens with zero attached hydrogens (tertiary/aromatic N) is 1. The number of carbonyl (C=O) groups excluding carboxylic acids is 1. The minimum absolute atomic E-state index is 0.0268. The Balaban J connectivity index is 1.84. The van der Waals surface area contributed by atoms with Crippen LogP contribution < -0.4 is 4.72 Å². The SMILES string of the molecule is Cc1cccc(NS(=O)(=O)c2cccc(C(=O)N(C)C(C)c3ccco3)c2)c1. The van der Waals surface area contributed by atoms with Gasteiger partial charge in [-0.2, -0.15) is 0 Å². The Morgan fingerprint density at radius 3 is 2.50 bits per heavy atom. The molecule has 1 unspecified atom stereocenters. The molecule has 7 heteroatoms. The first-order valence-electron chi connectivity index (χ1n) is 8.78. The van der Waals surface area contributed by atoms with Crippen LogP contribution in [0.4, 0.5) is 5.69 Å². The highest BCUT2D eigenvalue weighted by molar-refractivity contribution is 7.92. The van der Waals surface area contributed by atoms with Gasteiger partial charge in [0.2, 0.25) is 0 Å². The zero-order valence-electron chi connectivity index (χ0n) is 15.9. The number of nitrogens with one attached hydrogen (secondary N) is 1. The van der Waals surface area contributed by atoms with E-state index in [-0.39, 0.29) is 22.4 Å². The van der Waals surface area contributed by atoms with Gasteiger partial charge in [0.25, 0.3) is 15.9 Å². The van der Waals surface area contributed by atoms with Gasteiger partial charge in [-0.25, -0.2) is 8.42 Å². The topological polar surface area (TPSA) is 79.6 Å². The van der Waals surface area contributed by atoms with Crippen molar-refractivity contribution in [3.63, 3.8) is 0 Å². The molecule has 0 saturated carbocycles. The standard InChI is InChI=1S/C21H22N2O4S/c1-15-7-4-9-18(13-15)22-28(25,26)19-10-5-8-17(14-19)21(24)23(3)16(2)20-11-6-12-27-20/h4-14,16,22H,1-3H3. The Hall–Kier alpha value is -3.06. The van der Waals surface area contributed by atoms with Crippen molar-refractivity contribution >= 4 is 21.6 Å². The minimum atomic E-state index is -3.81. The molecule has 1 aromatic heterocycles. The molecule has 6 nitrogen and oxygen atoms in total. The van der Waals surface area contributed by atoms with Crippen LogP contribution in [-0.2, 0) is 10.0 Å². The van der Waals surface area contributed by atoms with E-state index in [9.17, 15) is 13.2 Å². The van der Waals surface area contributed by atoms with Gasteiger partial charge in [0, 0.05) is 18.3 Å². The summed E-state index contributed by atoms with van der Waals surface area (Å²) < 4.78 is 33.4. The van der Waals surface area contributed by atoms with Crippen molar-refractivity contribution in [3.05, 3.63) is 83.8 Å². The molecule has 0 spiro atoms. The van der Waals surface area contributed by atoms with Crippen LogP contribution in [0, 0.1) is 6.92 Å². The van der Waals surface area contributed by atoms with Gasteiger partial charge in [0.1, 0.15) is 5.76 Å². The maximum atomic E-state index is 12.8. The number of hydrogen-bond donors (Lipinski definition) is 1. The van der Waals surface area contributed by atoms with Gasteiger partial charge in [-0.1, -0.05) is 18.2 Å². The molecule has 1 amide bonds. The highest BCUT2D eigenvalue weighted by Gasteiger charge is 2.22. The molecule has 0 bridgehead atoms. The van der Waals surface area contributed by atoms with Crippen LogP contribution in [0.2, 0.25) is 0 Å². The highest BCUT2D eigenvalue weighted by Crippen LogP contribution is 2.23. The van der Waals surface area contributed by atoms with Gasteiger partial charge in [-0.05, 0) is 61.9 Å². The molecule has 0 fully saturated rings. The fraction of sp³-hybridized carbons (Fsp3) is 0.190. The van der Waals surface area contributed by atoms with E-state index in [4.69, 9.17) is 4.42 Å². The smallest absolute Gasteiger partial charge is 0.261 e. The first kappa shape index (κ1) is 19.7. The third-order valence-corrected chi connectivity index (χ3v) is 5.90. The lowest BCUT2D eigenvalue weighted by Gasteiger charge is -2.23. The third-order valence-electron chi connectivity index (χ3n) is 4.52. The van der Waals surface area contributed by atoms with Gasteiger partial charge in [-0.15, -0.1) is 0 Å². The van der Waals surface area contributed by atoms with E-state index in [0.29, 0.717) is 11.4 Å². The molecule has 3 rings (SSSR count). The maximum Gasteiger partial charge on any atom is 0.261 e. The fourth-order valence-corrected chi connectivity index (χ4v) is 3.91. The fourth-order valence-electron chi connectivity index (χ4n) is 2.82. The lowest BCUT2D eigenvalue weighted by atomic mass is 10.1. The number of anilines is 1. The quantitative estimate of drug-likeness (QED) is 0.674. The number of amides is 1. The number of carbonyl (C=O) groups is 1. The van der Waals surface area contributed by atoms with Crippen LogP contribution in [0.1, 0.15) is 34.6 Å². The largest absolute Gasteiger partial charge is 0.467 e. The predicted molar refractivity (Wildman–Crippen MR) is 108 cm³/mol. The summed E-state index contributed by atoms with van der Waals surface area (Å²) in [6, 6.07) is 16.3. The Labute approximate surface area is 164 Å². The normalized spacial score (nSPS) is 12.4. The van der Waals surface area contributed by atoms with E-state index >= 15 is 0 Å². The number of aryl methyl sites for hydroxylation is 1. The van der Waals surface area contributed by atoms with Crippen molar-refractivity contribution in [1.82, 2.24) is 4.90 Å². The number of benzene rings is 2. The zero-order valence-corrected chi connectivity index (χ0v) is 16.7. The molecule has 3 aromatic rings. The first-order chi connectivity index (χ1) is 13.3. The van der Waals surface area contributed by atoms with Crippen molar-refractivity contribution < 1.29 is 17.6 Å². The Bertz CT molecular complexity index is 1080. The van der Waals surface area contributed by atoms with E-state index < -0.39 is 10.0 Å². The van der Waals surface area contributed by atoms with Gasteiger partial charge >= 0.3 is 0 Å². The average molecular weight is 398 g/mol. The summed E-state index contributed by atoms with van der Waals surface area (Å²) in [7, 11) is -2.16. The van der Waals surface area contributed by atoms with Gasteiger partial charge < -0.3 is 9.32 Å². The van der Waals surface area contributed by atoms with Crippen molar-refractivity contribution in [1.29, 1.82) is 0 Å². The molecule has 0 radical (unpaired) electrons. The number of hydrogen-bond acceptors (Lipinski definition) is 4. The Kier molecular flexibility index (Phi) is 5.56. The van der Waals surface area contributed by atoms with Crippen molar-refractivity contribution in [2.75, 3.05) is 11.8 Å². The molecule has 146 valence electrons. The summed E-state index contributed by atoms with van der Waals surface area (Å²) in [4.78, 5) is 14.4. The molecule has 1 heterocycles. The highest BCUT2D eigenvalue weighted by atomic mass is 32.2. The number of furan rings is 1. The van der Waals surface area contributed by atoms with Crippen molar-refractivity contribution in [3.8, 4) is 0 Å². The van der Waals surface area contributed by atoms with Crippen LogP contribution in [0.3, 0.4) is 0 Å². The van der Waals surface area contributed by atoms with E-state index in [1.165, 1.54) is 17.0 Å². The van der Waals surface area contributed by atoms with E-state index in [2.05, 4.69) is 4.72 Å². The average Bonchev–Trinajstić information content (AvgIpc) is 3.21. The van der Waals surface area contributed by atoms with E-state index in [1.54, 1.807) is 55.8 Å². The Morgan fingerprint density at radius 1 is 1.07 bits per heavy atom. The minimum Gasteiger partial charge on any atom is -0.467 e. The summed E-state index contributed by atoms with van der Waals surface area (Å²) in [5.74, 6) is 0.359. The van der Waals surface area contributed by atoms with Crippen LogP contribution in [0.5, 0.6) is 0 Å². The van der Waals surface area contributed by atoms with Crippen LogP contribution in [0.25, 0.3) is 0 Å². The molecular weight excluding hydrogens is 376 g/mol. The van der Waals surface area contributed by atoms with E-state index in [1.807, 2.05) is 19.9 Å². The van der Waals surface area contributed by atoms with Gasteiger partial charge in [0.05, 0.1) is 17.2 Å². The third kappa shape index (κ3) is 4.26. The molecule has 1 N–H and O–H groups in total. The molecular formula is C21H22N2O4S. The summed E-state index contributed by atoms with van der Waals surface area (Å²) >= 11 is 0. The molecule has 0 aliphatic rings. The number of sulfonamides is 1. The second-order valence-corrected chi connectivity index (χ2v) is 8.29. The Morgan fingerprint density at radius 2 is 1.82 bits per heavy atom. The molecule has 0 aliphatic heterocycles. The molecule has 2 aromatic carbocycles.